The Bertz CT molecular complexity index is 447. The number of carbonyl (C=O) groups excluding carboxylic acids is 1. The Hall–Kier alpha value is -1.55. The smallest absolute Gasteiger partial charge is 0.222 e. The molecule has 1 aliphatic rings. The number of rotatable bonds is 6. The van der Waals surface area contributed by atoms with Crippen LogP contribution < -0.4 is 16.0 Å². The first-order valence-electron chi connectivity index (χ1n) is 7.57. The van der Waals surface area contributed by atoms with Crippen LogP contribution in [0.15, 0.2) is 24.3 Å². The van der Waals surface area contributed by atoms with Gasteiger partial charge >= 0.3 is 0 Å². The van der Waals surface area contributed by atoms with E-state index < -0.39 is 0 Å². The molecule has 1 aliphatic heterocycles. The molecular weight excluding hydrogens is 250 g/mol. The third kappa shape index (κ3) is 3.51. The molecule has 1 amide bonds. The highest BCUT2D eigenvalue weighted by molar-refractivity contribution is 5.77. The van der Waals surface area contributed by atoms with Crippen LogP contribution in [0.1, 0.15) is 31.7 Å². The van der Waals surface area contributed by atoms with Gasteiger partial charge in [0.25, 0.3) is 0 Å². The van der Waals surface area contributed by atoms with Gasteiger partial charge < -0.3 is 16.0 Å². The molecule has 0 radical (unpaired) electrons. The highest BCUT2D eigenvalue weighted by atomic mass is 16.1. The fraction of sp³-hybridized carbons (Fsp3) is 0.562. The van der Waals surface area contributed by atoms with Crippen LogP contribution in [-0.4, -0.2) is 31.6 Å². The van der Waals surface area contributed by atoms with Crippen LogP contribution in [-0.2, 0) is 11.2 Å². The minimum atomic E-state index is 0.0910. The molecule has 110 valence electrons. The molecule has 4 nitrogen and oxygen atoms in total. The van der Waals surface area contributed by atoms with Crippen molar-refractivity contribution in [3.05, 3.63) is 29.8 Å². The first kappa shape index (κ1) is 14.9. The monoisotopic (exact) mass is 275 g/mol. The molecule has 1 atom stereocenters. The van der Waals surface area contributed by atoms with Crippen molar-refractivity contribution in [3.8, 4) is 0 Å². The summed E-state index contributed by atoms with van der Waals surface area (Å²) < 4.78 is 0. The van der Waals surface area contributed by atoms with E-state index in [9.17, 15) is 4.79 Å². The van der Waals surface area contributed by atoms with Crippen LogP contribution in [0.5, 0.6) is 0 Å². The van der Waals surface area contributed by atoms with E-state index in [1.165, 1.54) is 11.3 Å². The maximum atomic E-state index is 11.9. The zero-order chi connectivity index (χ0) is 14.4. The largest absolute Gasteiger partial charge is 0.367 e. The summed E-state index contributed by atoms with van der Waals surface area (Å²) in [5.74, 6) is 0.102. The number of hydrogen-bond acceptors (Lipinski definition) is 3. The first-order valence-corrected chi connectivity index (χ1v) is 7.57. The molecule has 1 aromatic rings. The van der Waals surface area contributed by atoms with Crippen LogP contribution in [0.2, 0.25) is 0 Å². The van der Waals surface area contributed by atoms with E-state index in [0.29, 0.717) is 13.0 Å². The molecule has 0 saturated heterocycles. The third-order valence-electron chi connectivity index (χ3n) is 3.85. The topological polar surface area (TPSA) is 58.4 Å². The summed E-state index contributed by atoms with van der Waals surface area (Å²) >= 11 is 0. The molecule has 0 saturated carbocycles. The number of amides is 1. The fourth-order valence-electron chi connectivity index (χ4n) is 2.81. The number of anilines is 1. The molecule has 1 aromatic carbocycles. The maximum Gasteiger partial charge on any atom is 0.222 e. The third-order valence-corrected chi connectivity index (χ3v) is 3.85. The van der Waals surface area contributed by atoms with E-state index in [4.69, 9.17) is 5.73 Å². The Kier molecular flexibility index (Phi) is 5.41. The number of nitrogens with zero attached hydrogens (tertiary/aromatic N) is 1. The van der Waals surface area contributed by atoms with Gasteiger partial charge in [0, 0.05) is 37.8 Å². The van der Waals surface area contributed by atoms with Gasteiger partial charge in [0.15, 0.2) is 0 Å². The Morgan fingerprint density at radius 2 is 2.25 bits per heavy atom. The lowest BCUT2D eigenvalue weighted by atomic mass is 9.99. The number of fused-ring (bicyclic) bond motifs is 1. The number of nitrogens with one attached hydrogen (secondary N) is 1. The van der Waals surface area contributed by atoms with E-state index in [2.05, 4.69) is 41.4 Å². The molecule has 1 unspecified atom stereocenters. The molecule has 1 heterocycles. The van der Waals surface area contributed by atoms with E-state index >= 15 is 0 Å². The Balaban J connectivity index is 2.07. The molecule has 3 N–H and O–H groups in total. The van der Waals surface area contributed by atoms with Crippen LogP contribution in [0.3, 0.4) is 0 Å². The number of hydrogen-bond donors (Lipinski definition) is 2. The molecule has 0 aliphatic carbocycles. The SMILES string of the molecule is CCCNC(=O)CC(CN)N1CCCc2ccccc21. The zero-order valence-corrected chi connectivity index (χ0v) is 12.3. The number of benzene rings is 1. The number of aryl methyl sites for hydroxylation is 1. The van der Waals surface area contributed by atoms with Crippen molar-refractivity contribution in [3.63, 3.8) is 0 Å². The van der Waals surface area contributed by atoms with Gasteiger partial charge in [0.2, 0.25) is 5.91 Å². The predicted octanol–water partition coefficient (Wildman–Crippen LogP) is 1.68. The lowest BCUT2D eigenvalue weighted by Crippen LogP contribution is -2.46. The average molecular weight is 275 g/mol. The van der Waals surface area contributed by atoms with Crippen LogP contribution in [0.25, 0.3) is 0 Å². The molecule has 4 heteroatoms. The normalized spacial score (nSPS) is 15.6. The number of nitrogens with two attached hydrogens (primary N) is 1. The Morgan fingerprint density at radius 3 is 3.00 bits per heavy atom. The highest BCUT2D eigenvalue weighted by Gasteiger charge is 2.24. The standard InChI is InChI=1S/C16H25N3O/c1-2-9-18-16(20)11-14(12-17)19-10-5-7-13-6-3-4-8-15(13)19/h3-4,6,8,14H,2,5,7,9-12,17H2,1H3,(H,18,20). The van der Waals surface area contributed by atoms with Crippen LogP contribution in [0.4, 0.5) is 5.69 Å². The second-order valence-electron chi connectivity index (χ2n) is 5.37. The van der Waals surface area contributed by atoms with Crippen molar-refractivity contribution >= 4 is 11.6 Å². The van der Waals surface area contributed by atoms with Gasteiger partial charge in [-0.2, -0.15) is 0 Å². The van der Waals surface area contributed by atoms with Gasteiger partial charge in [-0.1, -0.05) is 25.1 Å². The summed E-state index contributed by atoms with van der Waals surface area (Å²) in [6, 6.07) is 8.54. The van der Waals surface area contributed by atoms with Crippen molar-refractivity contribution in [1.29, 1.82) is 0 Å². The van der Waals surface area contributed by atoms with Crippen molar-refractivity contribution in [2.75, 3.05) is 24.5 Å². The number of carbonyl (C=O) groups is 1. The van der Waals surface area contributed by atoms with Crippen LogP contribution in [0, 0.1) is 0 Å². The summed E-state index contributed by atoms with van der Waals surface area (Å²) in [6.45, 7) is 4.29. The molecular formula is C16H25N3O. The molecule has 0 aromatic heterocycles. The van der Waals surface area contributed by atoms with Crippen LogP contribution >= 0.6 is 0 Å². The molecule has 0 fully saturated rings. The molecule has 2 rings (SSSR count). The maximum absolute atomic E-state index is 11.9. The van der Waals surface area contributed by atoms with E-state index in [-0.39, 0.29) is 11.9 Å². The van der Waals surface area contributed by atoms with Gasteiger partial charge in [-0.3, -0.25) is 4.79 Å². The molecule has 20 heavy (non-hydrogen) atoms. The van der Waals surface area contributed by atoms with Crippen molar-refractivity contribution in [2.45, 2.75) is 38.6 Å². The van der Waals surface area contributed by atoms with Crippen molar-refractivity contribution in [2.24, 2.45) is 5.73 Å². The Labute approximate surface area is 121 Å². The van der Waals surface area contributed by atoms with Gasteiger partial charge in [0.1, 0.15) is 0 Å². The average Bonchev–Trinajstić information content (AvgIpc) is 2.50. The van der Waals surface area contributed by atoms with Crippen molar-refractivity contribution in [1.82, 2.24) is 5.32 Å². The van der Waals surface area contributed by atoms with Crippen molar-refractivity contribution < 1.29 is 4.79 Å². The minimum absolute atomic E-state index is 0.0910. The van der Waals surface area contributed by atoms with Gasteiger partial charge in [-0.25, -0.2) is 0 Å². The summed E-state index contributed by atoms with van der Waals surface area (Å²) in [5, 5.41) is 2.94. The van der Waals surface area contributed by atoms with Gasteiger partial charge in [0.05, 0.1) is 0 Å². The predicted molar refractivity (Wildman–Crippen MR) is 82.9 cm³/mol. The summed E-state index contributed by atoms with van der Waals surface area (Å²) in [6.07, 6.45) is 3.69. The quantitative estimate of drug-likeness (QED) is 0.830. The zero-order valence-electron chi connectivity index (χ0n) is 12.3. The fourth-order valence-corrected chi connectivity index (χ4v) is 2.81. The highest BCUT2D eigenvalue weighted by Crippen LogP contribution is 2.28. The van der Waals surface area contributed by atoms with Gasteiger partial charge in [-0.05, 0) is 30.9 Å². The lowest BCUT2D eigenvalue weighted by Gasteiger charge is -2.37. The van der Waals surface area contributed by atoms with E-state index in [0.717, 1.165) is 32.4 Å². The summed E-state index contributed by atoms with van der Waals surface area (Å²) in [4.78, 5) is 14.2. The summed E-state index contributed by atoms with van der Waals surface area (Å²) in [7, 11) is 0. The minimum Gasteiger partial charge on any atom is -0.367 e. The molecule has 0 bridgehead atoms. The van der Waals surface area contributed by atoms with Gasteiger partial charge in [-0.15, -0.1) is 0 Å². The summed E-state index contributed by atoms with van der Waals surface area (Å²) in [5.41, 5.74) is 8.53. The number of para-hydroxylation sites is 1. The lowest BCUT2D eigenvalue weighted by molar-refractivity contribution is -0.121. The second-order valence-corrected chi connectivity index (χ2v) is 5.37. The first-order chi connectivity index (χ1) is 9.76. The van der Waals surface area contributed by atoms with E-state index in [1.807, 2.05) is 0 Å². The molecule has 0 spiro atoms. The second kappa shape index (κ2) is 7.29. The Morgan fingerprint density at radius 1 is 1.45 bits per heavy atom. The van der Waals surface area contributed by atoms with E-state index in [1.54, 1.807) is 0 Å².